The third kappa shape index (κ3) is 53.7. The van der Waals surface area contributed by atoms with Gasteiger partial charge in [-0.25, -0.2) is 4.57 Å². The topological polar surface area (TPSA) is 105 Å². The summed E-state index contributed by atoms with van der Waals surface area (Å²) < 4.78 is 23.7. The lowest BCUT2D eigenvalue weighted by Gasteiger charge is -2.25. The number of likely N-dealkylation sites (N-methyl/N-ethyl adjacent to an activating group) is 1. The van der Waals surface area contributed by atoms with Crippen molar-refractivity contribution in [2.24, 2.45) is 0 Å². The average Bonchev–Trinajstić information content (AvgIpc) is 3.32. The molecule has 0 aromatic heterocycles. The fourth-order valence-corrected chi connectivity index (χ4v) is 9.11. The molecular weight excluding hydrogens is 888 g/mol. The highest BCUT2D eigenvalue weighted by Crippen LogP contribution is 2.43. The number of rotatable bonds is 53. The number of carbonyl (C=O) groups excluding carboxylic acids is 1. The molecule has 3 unspecified atom stereocenters. The summed E-state index contributed by atoms with van der Waals surface area (Å²) in [5, 5.41) is 13.9. The third-order valence-electron chi connectivity index (χ3n) is 12.9. The van der Waals surface area contributed by atoms with Gasteiger partial charge in [0.15, 0.2) is 0 Å². The quantitative estimate of drug-likeness (QED) is 0.0243. The van der Waals surface area contributed by atoms with Gasteiger partial charge in [-0.3, -0.25) is 13.8 Å². The molecule has 0 saturated carbocycles. The van der Waals surface area contributed by atoms with Crippen LogP contribution in [-0.4, -0.2) is 73.4 Å². The minimum atomic E-state index is -4.37. The minimum Gasteiger partial charge on any atom is -0.387 e. The molecule has 408 valence electrons. The number of phosphoric acid groups is 1. The number of carbonyl (C=O) groups is 1. The largest absolute Gasteiger partial charge is 0.472 e. The normalized spacial score (nSPS) is 14.4. The standard InChI is InChI=1S/C61H113N2O6P/c1-6-8-10-12-14-16-18-20-22-24-25-26-27-28-29-30-31-32-33-34-35-36-37-39-40-42-44-46-48-50-52-54-60(64)59(58-69-70(66,67)68-57-56-63(3,4)5)62-61(65)55-53-51-49-47-45-43-41-38-23-21-19-17-15-13-11-9-7-2/h9,11,15,17,21,23,41,43,47,49,52,54,59-60,64H,6-8,10,12-14,16,18-20,22,24-40,42,44-46,48,50-51,53,55-58H2,1-5H3,(H-,62,65,66,67)/p+1/b11-9-,17-15-,23-21-,43-41-,49-47-,54-52+. The fraction of sp³-hybridized carbons (Fsp3) is 0.787. The molecule has 0 aromatic rings. The third-order valence-corrected chi connectivity index (χ3v) is 13.9. The van der Waals surface area contributed by atoms with Crippen LogP contribution in [0.15, 0.2) is 72.9 Å². The predicted molar refractivity (Wildman–Crippen MR) is 304 cm³/mol. The molecular formula is C61H114N2O6P+. The van der Waals surface area contributed by atoms with Gasteiger partial charge >= 0.3 is 7.82 Å². The lowest BCUT2D eigenvalue weighted by Crippen LogP contribution is -2.45. The zero-order chi connectivity index (χ0) is 51.3. The number of unbranched alkanes of at least 4 members (excludes halogenated alkanes) is 30. The van der Waals surface area contributed by atoms with E-state index < -0.39 is 20.0 Å². The second-order valence-electron chi connectivity index (χ2n) is 21.0. The highest BCUT2D eigenvalue weighted by molar-refractivity contribution is 7.47. The second kappa shape index (κ2) is 51.8. The average molecular weight is 1000 g/mol. The van der Waals surface area contributed by atoms with Gasteiger partial charge in [0, 0.05) is 6.42 Å². The van der Waals surface area contributed by atoms with Crippen LogP contribution < -0.4 is 5.32 Å². The van der Waals surface area contributed by atoms with Crippen LogP contribution in [0, 0.1) is 0 Å². The van der Waals surface area contributed by atoms with Crippen LogP contribution in [0.4, 0.5) is 0 Å². The van der Waals surface area contributed by atoms with Crippen molar-refractivity contribution in [2.45, 2.75) is 270 Å². The molecule has 9 heteroatoms. The number of nitrogens with zero attached hydrogens (tertiary/aromatic N) is 1. The maximum absolute atomic E-state index is 12.9. The van der Waals surface area contributed by atoms with Gasteiger partial charge in [0.2, 0.25) is 5.91 Å². The molecule has 8 nitrogen and oxygen atoms in total. The highest BCUT2D eigenvalue weighted by atomic mass is 31.2. The first-order valence-corrected chi connectivity index (χ1v) is 30.8. The molecule has 0 aromatic carbocycles. The van der Waals surface area contributed by atoms with Gasteiger partial charge in [-0.2, -0.15) is 0 Å². The molecule has 0 aliphatic rings. The number of allylic oxidation sites excluding steroid dienone is 11. The minimum absolute atomic E-state index is 0.0479. The van der Waals surface area contributed by atoms with Crippen LogP contribution in [0.25, 0.3) is 0 Å². The second-order valence-corrected chi connectivity index (χ2v) is 22.4. The molecule has 1 amide bonds. The number of phosphoric ester groups is 1. The van der Waals surface area contributed by atoms with Gasteiger partial charge in [0.05, 0.1) is 39.9 Å². The van der Waals surface area contributed by atoms with E-state index in [0.717, 1.165) is 57.8 Å². The Morgan fingerprint density at radius 3 is 1.24 bits per heavy atom. The number of hydrogen-bond donors (Lipinski definition) is 3. The lowest BCUT2D eigenvalue weighted by atomic mass is 10.0. The molecule has 3 N–H and O–H groups in total. The smallest absolute Gasteiger partial charge is 0.387 e. The van der Waals surface area contributed by atoms with Crippen LogP contribution in [0.1, 0.15) is 258 Å². The summed E-state index contributed by atoms with van der Waals surface area (Å²) in [4.78, 5) is 23.2. The summed E-state index contributed by atoms with van der Waals surface area (Å²) in [6.45, 7) is 4.67. The predicted octanol–water partition coefficient (Wildman–Crippen LogP) is 17.9. The summed E-state index contributed by atoms with van der Waals surface area (Å²) in [6.07, 6.45) is 71.8. The summed E-state index contributed by atoms with van der Waals surface area (Å²) in [5.41, 5.74) is 0. The Bertz CT molecular complexity index is 1370. The van der Waals surface area contributed by atoms with E-state index in [0.29, 0.717) is 17.4 Å². The molecule has 0 aliphatic carbocycles. The first-order chi connectivity index (χ1) is 34.0. The van der Waals surface area contributed by atoms with E-state index in [-0.39, 0.29) is 25.5 Å². The molecule has 0 aliphatic heterocycles. The number of aliphatic hydroxyl groups is 1. The number of hydrogen-bond acceptors (Lipinski definition) is 5. The number of aliphatic hydroxyl groups excluding tert-OH is 1. The van der Waals surface area contributed by atoms with E-state index in [4.69, 9.17) is 9.05 Å². The first kappa shape index (κ1) is 67.9. The SMILES string of the molecule is CC/C=C\C/C=C\C/C=C\C/C=C\C/C=C\CCCC(=O)NC(COP(=O)(O)OCC[N+](C)(C)C)C(O)/C=C/CCCCCCCCCCCCCCCCCCCCCCCCCCCCCCC. The van der Waals surface area contributed by atoms with Crippen molar-refractivity contribution in [2.75, 3.05) is 40.9 Å². The molecule has 0 bridgehead atoms. The van der Waals surface area contributed by atoms with E-state index in [1.165, 1.54) is 173 Å². The van der Waals surface area contributed by atoms with Crippen LogP contribution >= 0.6 is 7.82 Å². The molecule has 0 spiro atoms. The van der Waals surface area contributed by atoms with Crippen molar-refractivity contribution in [1.29, 1.82) is 0 Å². The van der Waals surface area contributed by atoms with Crippen LogP contribution in [-0.2, 0) is 18.4 Å². The van der Waals surface area contributed by atoms with Crippen molar-refractivity contribution in [3.05, 3.63) is 72.9 Å². The van der Waals surface area contributed by atoms with E-state index >= 15 is 0 Å². The van der Waals surface area contributed by atoms with E-state index in [1.54, 1.807) is 6.08 Å². The van der Waals surface area contributed by atoms with Crippen molar-refractivity contribution < 1.29 is 32.9 Å². The molecule has 0 radical (unpaired) electrons. The Labute approximate surface area is 434 Å². The molecule has 70 heavy (non-hydrogen) atoms. The van der Waals surface area contributed by atoms with Gasteiger partial charge in [-0.1, -0.05) is 267 Å². The van der Waals surface area contributed by atoms with Crippen molar-refractivity contribution in [1.82, 2.24) is 5.32 Å². The Kier molecular flexibility index (Phi) is 50.3. The number of quaternary nitrogens is 1. The molecule has 0 saturated heterocycles. The maximum atomic E-state index is 12.9. The first-order valence-electron chi connectivity index (χ1n) is 29.3. The van der Waals surface area contributed by atoms with Gasteiger partial charge in [-0.15, -0.1) is 0 Å². The molecule has 3 atom stereocenters. The summed E-state index contributed by atoms with van der Waals surface area (Å²) in [7, 11) is 1.53. The van der Waals surface area contributed by atoms with Gasteiger partial charge < -0.3 is 19.8 Å². The lowest BCUT2D eigenvalue weighted by molar-refractivity contribution is -0.870. The van der Waals surface area contributed by atoms with Gasteiger partial charge in [0.1, 0.15) is 13.2 Å². The van der Waals surface area contributed by atoms with Crippen molar-refractivity contribution in [3.63, 3.8) is 0 Å². The van der Waals surface area contributed by atoms with E-state index in [2.05, 4.69) is 79.9 Å². The van der Waals surface area contributed by atoms with Crippen LogP contribution in [0.2, 0.25) is 0 Å². The van der Waals surface area contributed by atoms with Crippen LogP contribution in [0.5, 0.6) is 0 Å². The maximum Gasteiger partial charge on any atom is 0.472 e. The zero-order valence-electron chi connectivity index (χ0n) is 46.5. The Hall–Kier alpha value is -2.06. The monoisotopic (exact) mass is 1000 g/mol. The summed E-state index contributed by atoms with van der Waals surface area (Å²) >= 11 is 0. The van der Waals surface area contributed by atoms with E-state index in [1.807, 2.05) is 27.2 Å². The zero-order valence-corrected chi connectivity index (χ0v) is 47.4. The van der Waals surface area contributed by atoms with Gasteiger partial charge in [0.25, 0.3) is 0 Å². The number of amides is 1. The Morgan fingerprint density at radius 1 is 0.500 bits per heavy atom. The summed E-state index contributed by atoms with van der Waals surface area (Å²) in [5.74, 6) is -0.233. The van der Waals surface area contributed by atoms with E-state index in [9.17, 15) is 19.4 Å². The molecule has 0 fully saturated rings. The number of nitrogens with one attached hydrogen (secondary N) is 1. The molecule has 0 rings (SSSR count). The van der Waals surface area contributed by atoms with Gasteiger partial charge in [-0.05, 0) is 57.8 Å². The molecule has 0 heterocycles. The highest BCUT2D eigenvalue weighted by Gasteiger charge is 2.27. The fourth-order valence-electron chi connectivity index (χ4n) is 8.37. The summed E-state index contributed by atoms with van der Waals surface area (Å²) in [6, 6.07) is -0.881. The Morgan fingerprint density at radius 2 is 0.857 bits per heavy atom. The van der Waals surface area contributed by atoms with Crippen molar-refractivity contribution >= 4 is 13.7 Å². The van der Waals surface area contributed by atoms with Crippen molar-refractivity contribution in [3.8, 4) is 0 Å². The van der Waals surface area contributed by atoms with Crippen LogP contribution in [0.3, 0.4) is 0 Å². The Balaban J connectivity index is 4.18.